The monoisotopic (exact) mass is 534 g/mol. The molecule has 0 radical (unpaired) electrons. The van der Waals surface area contributed by atoms with Crippen LogP contribution in [0.5, 0.6) is 0 Å². The lowest BCUT2D eigenvalue weighted by Gasteiger charge is -2.14. The van der Waals surface area contributed by atoms with Crippen LogP contribution in [0, 0.1) is 12.8 Å². The zero-order valence-electron chi connectivity index (χ0n) is 26.2. The summed E-state index contributed by atoms with van der Waals surface area (Å²) in [5.74, 6) is 0.792. The van der Waals surface area contributed by atoms with Crippen molar-refractivity contribution in [2.45, 2.75) is 112 Å². The van der Waals surface area contributed by atoms with Crippen LogP contribution in [-0.2, 0) is 0 Å². The van der Waals surface area contributed by atoms with Crippen molar-refractivity contribution >= 4 is 17.5 Å². The number of hydrogen-bond donors (Lipinski definition) is 2. The topological polar surface area (TPSA) is 55.1 Å². The van der Waals surface area contributed by atoms with Crippen molar-refractivity contribution in [2.75, 3.05) is 12.8 Å². The third kappa shape index (κ3) is 15.5. The number of nitrogen functional groups attached to an aromatic ring is 1. The maximum atomic E-state index is 10.8. The van der Waals surface area contributed by atoms with Gasteiger partial charge < -0.3 is 11.1 Å². The molecule has 0 saturated carbocycles. The number of rotatable bonds is 15. The molecule has 0 fully saturated rings. The molecule has 218 valence electrons. The average Bonchev–Trinajstić information content (AvgIpc) is 2.94. The second-order valence-corrected chi connectivity index (χ2v) is 10.7. The van der Waals surface area contributed by atoms with Crippen molar-refractivity contribution in [3.63, 3.8) is 0 Å². The first-order valence-corrected chi connectivity index (χ1v) is 15.1. The number of unbranched alkanes of at least 4 members (excludes halogenated alkanes) is 3. The van der Waals surface area contributed by atoms with Crippen LogP contribution in [0.15, 0.2) is 61.2 Å². The first-order valence-electron chi connectivity index (χ1n) is 15.1. The minimum absolute atomic E-state index is 0.604. The van der Waals surface area contributed by atoms with Gasteiger partial charge in [0.2, 0.25) is 0 Å². The lowest BCUT2D eigenvalue weighted by molar-refractivity contribution is 0.112. The molecule has 2 atom stereocenters. The van der Waals surface area contributed by atoms with Crippen LogP contribution in [0.25, 0.3) is 5.57 Å². The minimum atomic E-state index is 0.604. The fraction of sp³-hybridized carbons (Fsp3) is 0.528. The van der Waals surface area contributed by atoms with E-state index >= 15 is 0 Å². The number of benzene rings is 2. The maximum absolute atomic E-state index is 10.8. The molecule has 2 aromatic rings. The van der Waals surface area contributed by atoms with Crippen LogP contribution >= 0.6 is 0 Å². The number of carbonyl (C=O) groups excluding carboxylic acids is 1. The smallest absolute Gasteiger partial charge is 0.150 e. The van der Waals surface area contributed by atoms with Gasteiger partial charge in [0.25, 0.3) is 0 Å². The van der Waals surface area contributed by atoms with Crippen molar-refractivity contribution in [2.24, 2.45) is 5.92 Å². The van der Waals surface area contributed by atoms with E-state index in [2.05, 4.69) is 60.1 Å². The predicted molar refractivity (Wildman–Crippen MR) is 176 cm³/mol. The van der Waals surface area contributed by atoms with E-state index in [1.165, 1.54) is 75.3 Å². The molecule has 0 spiro atoms. The lowest BCUT2D eigenvalue weighted by atomic mass is 9.91. The van der Waals surface area contributed by atoms with Gasteiger partial charge in [-0.15, -0.1) is 0 Å². The molecular weight excluding hydrogens is 476 g/mol. The summed E-state index contributed by atoms with van der Waals surface area (Å²) >= 11 is 0. The Balaban J connectivity index is 0.000000597. The van der Waals surface area contributed by atoms with E-state index in [-0.39, 0.29) is 0 Å². The van der Waals surface area contributed by atoms with Gasteiger partial charge in [0, 0.05) is 22.9 Å². The van der Waals surface area contributed by atoms with Crippen LogP contribution in [0.4, 0.5) is 5.69 Å². The van der Waals surface area contributed by atoms with Gasteiger partial charge in [-0.25, -0.2) is 0 Å². The summed E-state index contributed by atoms with van der Waals surface area (Å²) in [4.78, 5) is 10.8. The molecule has 3 nitrogen and oxygen atoms in total. The quantitative estimate of drug-likeness (QED) is 0.103. The fourth-order valence-electron chi connectivity index (χ4n) is 4.45. The highest BCUT2D eigenvalue weighted by Crippen LogP contribution is 2.27. The van der Waals surface area contributed by atoms with E-state index in [4.69, 9.17) is 5.73 Å². The molecule has 2 aromatic carbocycles. The summed E-state index contributed by atoms with van der Waals surface area (Å²) in [5, 5.41) is 3.31. The molecule has 0 amide bonds. The SMILES string of the molecule is C=C(C)C(CCC)CCCC.C=C(c1ccc(C)cc1)c1cc(C=O)ccc1N.CCCCCC(CC)NC. The van der Waals surface area contributed by atoms with Crippen LogP contribution in [0.1, 0.15) is 126 Å². The zero-order valence-corrected chi connectivity index (χ0v) is 26.2. The van der Waals surface area contributed by atoms with Gasteiger partial charge in [0.05, 0.1) is 0 Å². The molecule has 0 heterocycles. The zero-order chi connectivity index (χ0) is 29.6. The molecule has 3 heteroatoms. The van der Waals surface area contributed by atoms with E-state index in [0.717, 1.165) is 34.9 Å². The van der Waals surface area contributed by atoms with Crippen LogP contribution < -0.4 is 11.1 Å². The van der Waals surface area contributed by atoms with Gasteiger partial charge in [-0.2, -0.15) is 0 Å². The number of hydrogen-bond acceptors (Lipinski definition) is 3. The number of allylic oxidation sites excluding steroid dienone is 1. The lowest BCUT2D eigenvalue weighted by Crippen LogP contribution is -2.23. The standard InChI is InChI=1S/C16H15NO.C11H22.C9H21N/c1-11-3-6-14(7-4-11)12(2)15-9-13(10-18)5-8-16(15)17;1-5-7-9-11(8-6-2)10(3)4;1-4-6-7-8-9(5-2)10-3/h3-10H,2,17H2,1H3;11H,3,5-9H2,1-2,4H3;9-10H,4-8H2,1-3H3. The second kappa shape index (κ2) is 22.2. The van der Waals surface area contributed by atoms with Crippen LogP contribution in [0.2, 0.25) is 0 Å². The normalized spacial score (nSPS) is 11.8. The molecule has 2 unspecified atom stereocenters. The van der Waals surface area contributed by atoms with Gasteiger partial charge in [-0.3, -0.25) is 4.79 Å². The third-order valence-electron chi connectivity index (χ3n) is 7.24. The summed E-state index contributed by atoms with van der Waals surface area (Å²) in [5.41, 5.74) is 12.4. The molecule has 2 rings (SSSR count). The Morgan fingerprint density at radius 2 is 1.54 bits per heavy atom. The third-order valence-corrected chi connectivity index (χ3v) is 7.24. The van der Waals surface area contributed by atoms with Gasteiger partial charge in [0.15, 0.2) is 0 Å². The fourth-order valence-corrected chi connectivity index (χ4v) is 4.45. The van der Waals surface area contributed by atoms with E-state index in [1.54, 1.807) is 18.2 Å². The van der Waals surface area contributed by atoms with Crippen molar-refractivity contribution in [3.05, 3.63) is 83.4 Å². The van der Waals surface area contributed by atoms with Crippen molar-refractivity contribution in [3.8, 4) is 0 Å². The Kier molecular flexibility index (Phi) is 20.7. The van der Waals surface area contributed by atoms with Crippen molar-refractivity contribution < 1.29 is 4.79 Å². The van der Waals surface area contributed by atoms with Crippen LogP contribution in [0.3, 0.4) is 0 Å². The number of aryl methyl sites for hydroxylation is 1. The summed E-state index contributed by atoms with van der Waals surface area (Å²) < 4.78 is 0. The van der Waals surface area contributed by atoms with Crippen molar-refractivity contribution in [1.82, 2.24) is 5.32 Å². The molecule has 0 aliphatic carbocycles. The predicted octanol–water partition coefficient (Wildman–Crippen LogP) is 10.2. The first-order chi connectivity index (χ1) is 18.7. The average molecular weight is 535 g/mol. The largest absolute Gasteiger partial charge is 0.398 e. The summed E-state index contributed by atoms with van der Waals surface area (Å²) in [6.07, 6.45) is 14.2. The second-order valence-electron chi connectivity index (χ2n) is 10.7. The molecule has 0 bridgehead atoms. The summed E-state index contributed by atoms with van der Waals surface area (Å²) in [6, 6.07) is 14.0. The highest BCUT2D eigenvalue weighted by atomic mass is 16.1. The minimum Gasteiger partial charge on any atom is -0.398 e. The number of aldehydes is 1. The summed E-state index contributed by atoms with van der Waals surface area (Å²) in [6.45, 7) is 21.3. The van der Waals surface area contributed by atoms with Gasteiger partial charge in [0.1, 0.15) is 6.29 Å². The summed E-state index contributed by atoms with van der Waals surface area (Å²) in [7, 11) is 2.06. The van der Waals surface area contributed by atoms with Gasteiger partial charge >= 0.3 is 0 Å². The van der Waals surface area contributed by atoms with E-state index in [1.807, 2.05) is 31.2 Å². The number of carbonyl (C=O) groups is 1. The Morgan fingerprint density at radius 1 is 0.897 bits per heavy atom. The molecule has 0 aliphatic heterocycles. The number of nitrogens with one attached hydrogen (secondary N) is 1. The van der Waals surface area contributed by atoms with Gasteiger partial charge in [-0.1, -0.05) is 115 Å². The Labute approximate surface area is 241 Å². The molecular formula is C36H58N2O. The molecule has 0 saturated heterocycles. The van der Waals surface area contributed by atoms with E-state index in [0.29, 0.717) is 11.3 Å². The highest BCUT2D eigenvalue weighted by Gasteiger charge is 2.08. The number of nitrogens with two attached hydrogens (primary N) is 1. The maximum Gasteiger partial charge on any atom is 0.150 e. The van der Waals surface area contributed by atoms with E-state index < -0.39 is 0 Å². The molecule has 39 heavy (non-hydrogen) atoms. The molecule has 0 aromatic heterocycles. The Hall–Kier alpha value is -2.65. The van der Waals surface area contributed by atoms with Crippen LogP contribution in [-0.4, -0.2) is 19.4 Å². The molecule has 0 aliphatic rings. The van der Waals surface area contributed by atoms with E-state index in [9.17, 15) is 4.79 Å². The Bertz CT molecular complexity index is 941. The molecule has 3 N–H and O–H groups in total. The first kappa shape index (κ1) is 36.4. The number of anilines is 1. The Morgan fingerprint density at radius 3 is 2.03 bits per heavy atom. The highest BCUT2D eigenvalue weighted by molar-refractivity contribution is 5.87. The van der Waals surface area contributed by atoms with Crippen molar-refractivity contribution in [1.29, 1.82) is 0 Å². The van der Waals surface area contributed by atoms with Gasteiger partial charge in [-0.05, 0) is 81.8 Å².